The highest BCUT2D eigenvalue weighted by Crippen LogP contribution is 2.14. The Morgan fingerprint density at radius 1 is 1.19 bits per heavy atom. The van der Waals surface area contributed by atoms with Gasteiger partial charge < -0.3 is 9.84 Å². The van der Waals surface area contributed by atoms with Crippen LogP contribution in [0.2, 0.25) is 0 Å². The maximum absolute atomic E-state index is 11.8. The Labute approximate surface area is 130 Å². The van der Waals surface area contributed by atoms with Crippen molar-refractivity contribution >= 4 is 5.97 Å². The van der Waals surface area contributed by atoms with Gasteiger partial charge in [0.1, 0.15) is 6.10 Å². The summed E-state index contributed by atoms with van der Waals surface area (Å²) in [6.45, 7) is 4.51. The number of nitrogens with zero attached hydrogens (tertiary/aromatic N) is 1. The van der Waals surface area contributed by atoms with Gasteiger partial charge in [-0.05, 0) is 39.8 Å². The number of allylic oxidation sites excluding steroid dienone is 1. The molecule has 0 fully saturated rings. The molecule has 0 aromatic heterocycles. The van der Waals surface area contributed by atoms with Crippen LogP contribution in [0.1, 0.15) is 58.8 Å². The molecule has 0 bridgehead atoms. The van der Waals surface area contributed by atoms with Crippen molar-refractivity contribution in [3.63, 3.8) is 0 Å². The summed E-state index contributed by atoms with van der Waals surface area (Å²) in [4.78, 5) is 13.6. The third kappa shape index (κ3) is 11.5. The molecule has 0 amide bonds. The molecular formula is C17H33NO3. The number of carbonyl (C=O) groups is 1. The first-order chi connectivity index (χ1) is 10.0. The van der Waals surface area contributed by atoms with Gasteiger partial charge in [-0.1, -0.05) is 45.3 Å². The highest BCUT2D eigenvalue weighted by molar-refractivity contribution is 5.71. The van der Waals surface area contributed by atoms with Crippen LogP contribution in [0.5, 0.6) is 0 Å². The standard InChI is InChI=1S/C17H33NO3/c1-5-7-9-11-12-15(19)16(13-10-8-6-2)21-17(20)14-18(3)4/h9,11,15-16,19H,5-8,10,12-14H2,1-4H3/b11-9-. The van der Waals surface area contributed by atoms with Crippen molar-refractivity contribution in [2.75, 3.05) is 20.6 Å². The van der Waals surface area contributed by atoms with Crippen molar-refractivity contribution in [3.05, 3.63) is 12.2 Å². The first-order valence-corrected chi connectivity index (χ1v) is 8.18. The number of hydrogen-bond donors (Lipinski definition) is 1. The molecule has 0 heterocycles. The van der Waals surface area contributed by atoms with Gasteiger partial charge >= 0.3 is 5.97 Å². The van der Waals surface area contributed by atoms with Gasteiger partial charge in [-0.2, -0.15) is 0 Å². The summed E-state index contributed by atoms with van der Waals surface area (Å²) in [7, 11) is 3.66. The quantitative estimate of drug-likeness (QED) is 0.342. The molecule has 0 rings (SSSR count). The Morgan fingerprint density at radius 3 is 2.48 bits per heavy atom. The SMILES string of the molecule is CCC/C=C\CC(O)C(CCCCC)OC(=O)CN(C)C. The smallest absolute Gasteiger partial charge is 0.320 e. The number of esters is 1. The molecule has 0 saturated carbocycles. The van der Waals surface area contributed by atoms with Gasteiger partial charge in [-0.15, -0.1) is 0 Å². The summed E-state index contributed by atoms with van der Waals surface area (Å²) in [6.07, 6.45) is 9.66. The van der Waals surface area contributed by atoms with E-state index in [9.17, 15) is 9.90 Å². The molecule has 1 N–H and O–H groups in total. The fourth-order valence-electron chi connectivity index (χ4n) is 2.06. The summed E-state index contributed by atoms with van der Waals surface area (Å²) in [6, 6.07) is 0. The van der Waals surface area contributed by atoms with Gasteiger partial charge in [-0.25, -0.2) is 0 Å². The van der Waals surface area contributed by atoms with Crippen molar-refractivity contribution in [1.29, 1.82) is 0 Å². The molecule has 0 aliphatic heterocycles. The van der Waals surface area contributed by atoms with Crippen LogP contribution in [0.3, 0.4) is 0 Å². The van der Waals surface area contributed by atoms with Gasteiger partial charge in [0.05, 0.1) is 12.6 Å². The van der Waals surface area contributed by atoms with E-state index in [0.29, 0.717) is 6.42 Å². The van der Waals surface area contributed by atoms with Crippen molar-refractivity contribution in [1.82, 2.24) is 4.90 Å². The second-order valence-electron chi connectivity index (χ2n) is 5.83. The Hall–Kier alpha value is -0.870. The van der Waals surface area contributed by atoms with Gasteiger partial charge in [-0.3, -0.25) is 9.69 Å². The number of aliphatic hydroxyl groups excluding tert-OH is 1. The summed E-state index contributed by atoms with van der Waals surface area (Å²) in [5, 5.41) is 10.2. The number of ether oxygens (including phenoxy) is 1. The number of carbonyl (C=O) groups excluding carboxylic acids is 1. The molecule has 0 aromatic carbocycles. The summed E-state index contributed by atoms with van der Waals surface area (Å²) in [5.74, 6) is -0.266. The van der Waals surface area contributed by atoms with Crippen LogP contribution in [0.25, 0.3) is 0 Å². The fraction of sp³-hybridized carbons (Fsp3) is 0.824. The largest absolute Gasteiger partial charge is 0.459 e. The topological polar surface area (TPSA) is 49.8 Å². The van der Waals surface area contributed by atoms with Crippen LogP contribution in [-0.4, -0.2) is 48.8 Å². The zero-order chi connectivity index (χ0) is 16.1. The molecule has 2 unspecified atom stereocenters. The maximum Gasteiger partial charge on any atom is 0.320 e. The lowest BCUT2D eigenvalue weighted by atomic mass is 10.0. The molecule has 0 aliphatic carbocycles. The first kappa shape index (κ1) is 20.1. The van der Waals surface area contributed by atoms with Gasteiger partial charge in [0.2, 0.25) is 0 Å². The van der Waals surface area contributed by atoms with Crippen LogP contribution in [-0.2, 0) is 9.53 Å². The highest BCUT2D eigenvalue weighted by atomic mass is 16.6. The molecule has 4 heteroatoms. The predicted molar refractivity (Wildman–Crippen MR) is 87.2 cm³/mol. The van der Waals surface area contributed by atoms with Crippen molar-refractivity contribution < 1.29 is 14.6 Å². The van der Waals surface area contributed by atoms with Gasteiger partial charge in [0.15, 0.2) is 0 Å². The normalized spacial score (nSPS) is 14.6. The average Bonchev–Trinajstić information content (AvgIpc) is 2.41. The molecule has 21 heavy (non-hydrogen) atoms. The van der Waals surface area contributed by atoms with E-state index in [1.54, 1.807) is 4.90 Å². The van der Waals surface area contributed by atoms with Gasteiger partial charge in [0.25, 0.3) is 0 Å². The van der Waals surface area contributed by atoms with Crippen LogP contribution >= 0.6 is 0 Å². The number of rotatable bonds is 12. The van der Waals surface area contributed by atoms with Crippen molar-refractivity contribution in [3.8, 4) is 0 Å². The minimum atomic E-state index is -0.610. The lowest BCUT2D eigenvalue weighted by Gasteiger charge is -2.23. The van der Waals surface area contributed by atoms with E-state index in [1.807, 2.05) is 20.2 Å². The summed E-state index contributed by atoms with van der Waals surface area (Å²) < 4.78 is 5.46. The molecule has 0 saturated heterocycles. The minimum Gasteiger partial charge on any atom is -0.459 e. The Bertz CT molecular complexity index is 290. The number of likely N-dealkylation sites (N-methyl/N-ethyl adjacent to an activating group) is 1. The molecule has 2 atom stereocenters. The van der Waals surface area contributed by atoms with E-state index in [2.05, 4.69) is 19.9 Å². The molecule has 4 nitrogen and oxygen atoms in total. The lowest BCUT2D eigenvalue weighted by molar-refractivity contribution is -0.156. The summed E-state index contributed by atoms with van der Waals surface area (Å²) in [5.41, 5.74) is 0. The van der Waals surface area contributed by atoms with E-state index in [0.717, 1.165) is 38.5 Å². The predicted octanol–water partition coefficient (Wildman–Crippen LogP) is 3.15. The molecule has 0 spiro atoms. The molecular weight excluding hydrogens is 266 g/mol. The average molecular weight is 299 g/mol. The van der Waals surface area contributed by atoms with E-state index in [-0.39, 0.29) is 12.5 Å². The van der Waals surface area contributed by atoms with E-state index in [1.165, 1.54) is 0 Å². The molecule has 0 aliphatic rings. The van der Waals surface area contributed by atoms with Gasteiger partial charge in [0, 0.05) is 0 Å². The zero-order valence-corrected chi connectivity index (χ0v) is 14.2. The highest BCUT2D eigenvalue weighted by Gasteiger charge is 2.22. The van der Waals surface area contributed by atoms with Crippen molar-refractivity contribution in [2.24, 2.45) is 0 Å². The number of aliphatic hydroxyl groups is 1. The van der Waals surface area contributed by atoms with E-state index in [4.69, 9.17) is 4.74 Å². The van der Waals surface area contributed by atoms with E-state index >= 15 is 0 Å². The van der Waals surface area contributed by atoms with Crippen LogP contribution < -0.4 is 0 Å². The zero-order valence-electron chi connectivity index (χ0n) is 14.2. The number of unbranched alkanes of at least 4 members (excludes halogenated alkanes) is 3. The van der Waals surface area contributed by atoms with Crippen LogP contribution in [0.4, 0.5) is 0 Å². The molecule has 0 radical (unpaired) electrons. The Morgan fingerprint density at radius 2 is 1.90 bits per heavy atom. The van der Waals surface area contributed by atoms with Crippen LogP contribution in [0, 0.1) is 0 Å². The van der Waals surface area contributed by atoms with Crippen molar-refractivity contribution in [2.45, 2.75) is 71.0 Å². The maximum atomic E-state index is 11.8. The van der Waals surface area contributed by atoms with E-state index < -0.39 is 12.2 Å². The fourth-order valence-corrected chi connectivity index (χ4v) is 2.06. The lowest BCUT2D eigenvalue weighted by Crippen LogP contribution is -2.34. The minimum absolute atomic E-state index is 0.253. The molecule has 124 valence electrons. The summed E-state index contributed by atoms with van der Waals surface area (Å²) >= 11 is 0. The monoisotopic (exact) mass is 299 g/mol. The number of hydrogen-bond acceptors (Lipinski definition) is 4. The second-order valence-corrected chi connectivity index (χ2v) is 5.83. The van der Waals surface area contributed by atoms with Crippen LogP contribution in [0.15, 0.2) is 12.2 Å². The third-order valence-corrected chi connectivity index (χ3v) is 3.25. The Balaban J connectivity index is 4.37. The molecule has 0 aromatic rings. The second kappa shape index (κ2) is 12.8. The first-order valence-electron chi connectivity index (χ1n) is 8.18. The Kier molecular flexibility index (Phi) is 12.3. The third-order valence-electron chi connectivity index (χ3n) is 3.25.